The zero-order valence-electron chi connectivity index (χ0n) is 16.5. The van der Waals surface area contributed by atoms with Crippen molar-refractivity contribution in [3.8, 4) is 0 Å². The fourth-order valence-electron chi connectivity index (χ4n) is 3.72. The molecule has 0 spiro atoms. The van der Waals surface area contributed by atoms with Crippen molar-refractivity contribution in [2.24, 2.45) is 5.41 Å². The van der Waals surface area contributed by atoms with Crippen molar-refractivity contribution >= 4 is 35.2 Å². The van der Waals surface area contributed by atoms with E-state index in [0.717, 1.165) is 16.9 Å². The third kappa shape index (κ3) is 5.73. The van der Waals surface area contributed by atoms with E-state index in [0.29, 0.717) is 43.3 Å². The van der Waals surface area contributed by atoms with E-state index in [1.54, 1.807) is 17.3 Å². The molecule has 2 aromatic rings. The molecular weight excluding hydrogens is 408 g/mol. The first-order valence-corrected chi connectivity index (χ1v) is 11.1. The number of rotatable bonds is 7. The van der Waals surface area contributed by atoms with Crippen LogP contribution in [-0.4, -0.2) is 47.2 Å². The highest BCUT2D eigenvalue weighted by atomic mass is 35.5. The lowest BCUT2D eigenvalue weighted by Crippen LogP contribution is -2.52. The number of likely N-dealkylation sites (tertiary alicyclic amines) is 1. The number of hydrogen-bond donors (Lipinski definition) is 0. The number of carbonyl (C=O) groups is 2. The Bertz CT molecular complexity index is 849. The minimum absolute atomic E-state index is 0.0336. The van der Waals surface area contributed by atoms with E-state index in [-0.39, 0.29) is 11.9 Å². The van der Waals surface area contributed by atoms with Gasteiger partial charge in [-0.25, -0.2) is 0 Å². The summed E-state index contributed by atoms with van der Waals surface area (Å²) in [6.45, 7) is 3.16. The summed E-state index contributed by atoms with van der Waals surface area (Å²) < 4.78 is 5.42. The van der Waals surface area contributed by atoms with Crippen molar-refractivity contribution in [2.45, 2.75) is 31.1 Å². The molecule has 2 heterocycles. The number of amides is 1. The third-order valence-corrected chi connectivity index (χ3v) is 6.31. The van der Waals surface area contributed by atoms with Crippen molar-refractivity contribution in [1.82, 2.24) is 9.88 Å². The third-order valence-electron chi connectivity index (χ3n) is 5.08. The van der Waals surface area contributed by atoms with Crippen LogP contribution < -0.4 is 0 Å². The fraction of sp³-hybridized carbons (Fsp3) is 0.409. The number of hydrogen-bond acceptors (Lipinski definition) is 5. The first-order valence-electron chi connectivity index (χ1n) is 9.75. The average molecular weight is 433 g/mol. The van der Waals surface area contributed by atoms with Gasteiger partial charge in [0.2, 0.25) is 5.91 Å². The van der Waals surface area contributed by atoms with E-state index in [2.05, 4.69) is 4.98 Å². The number of piperidine rings is 1. The quantitative estimate of drug-likeness (QED) is 0.483. The number of halogens is 1. The number of ether oxygens (including phenoxy) is 1. The summed E-state index contributed by atoms with van der Waals surface area (Å²) in [4.78, 5) is 32.6. The summed E-state index contributed by atoms with van der Waals surface area (Å²) >= 11 is 7.62. The van der Waals surface area contributed by atoms with E-state index in [4.69, 9.17) is 16.3 Å². The van der Waals surface area contributed by atoms with Crippen LogP contribution in [0.15, 0.2) is 53.7 Å². The molecule has 1 atom stereocenters. The van der Waals surface area contributed by atoms with Crippen LogP contribution in [0.1, 0.15) is 25.3 Å². The van der Waals surface area contributed by atoms with Gasteiger partial charge in [0.15, 0.2) is 0 Å². The average Bonchev–Trinajstić information content (AvgIpc) is 2.73. The van der Waals surface area contributed by atoms with Crippen LogP contribution in [0.4, 0.5) is 0 Å². The second kappa shape index (κ2) is 10.1. The monoisotopic (exact) mass is 432 g/mol. The molecule has 154 valence electrons. The van der Waals surface area contributed by atoms with Crippen LogP contribution in [0.5, 0.6) is 0 Å². The summed E-state index contributed by atoms with van der Waals surface area (Å²) in [5, 5.41) is 0.638. The maximum absolute atomic E-state index is 13.0. The highest BCUT2D eigenvalue weighted by Crippen LogP contribution is 2.36. The molecule has 29 heavy (non-hydrogen) atoms. The van der Waals surface area contributed by atoms with Gasteiger partial charge in [-0.3, -0.25) is 14.6 Å². The van der Waals surface area contributed by atoms with Gasteiger partial charge in [0, 0.05) is 35.4 Å². The van der Waals surface area contributed by atoms with Gasteiger partial charge in [-0.2, -0.15) is 0 Å². The number of pyridine rings is 1. The summed E-state index contributed by atoms with van der Waals surface area (Å²) in [6.07, 6.45) is 5.40. The first-order chi connectivity index (χ1) is 14.0. The molecule has 0 N–H and O–H groups in total. The number of nitrogens with zero attached hydrogens (tertiary/aromatic N) is 2. The Labute approximate surface area is 180 Å². The van der Waals surface area contributed by atoms with Crippen LogP contribution in [-0.2, 0) is 20.7 Å². The Kier molecular flexibility index (Phi) is 7.56. The lowest BCUT2D eigenvalue weighted by Gasteiger charge is -2.41. The van der Waals surface area contributed by atoms with Crippen LogP contribution >= 0.6 is 23.4 Å². The summed E-state index contributed by atoms with van der Waals surface area (Å²) in [5.74, 6) is 0.130. The van der Waals surface area contributed by atoms with Gasteiger partial charge in [-0.1, -0.05) is 23.7 Å². The molecule has 0 saturated carbocycles. The SMILES string of the molecule is CCOC(=O)C1(Cc2cccc(Cl)c2)CCCN(C(=O)CSc2ccncc2)C1. The molecule has 1 saturated heterocycles. The minimum Gasteiger partial charge on any atom is -0.466 e. The van der Waals surface area contributed by atoms with Gasteiger partial charge in [0.1, 0.15) is 0 Å². The molecule has 1 amide bonds. The highest BCUT2D eigenvalue weighted by Gasteiger charge is 2.44. The predicted octanol–water partition coefficient (Wildman–Crippen LogP) is 4.24. The summed E-state index contributed by atoms with van der Waals surface area (Å²) in [7, 11) is 0. The molecule has 0 radical (unpaired) electrons. The van der Waals surface area contributed by atoms with Crippen LogP contribution in [0.25, 0.3) is 0 Å². The molecule has 1 fully saturated rings. The number of esters is 1. The molecule has 1 aromatic heterocycles. The Hall–Kier alpha value is -2.05. The van der Waals surface area contributed by atoms with E-state index in [1.807, 2.05) is 43.3 Å². The van der Waals surface area contributed by atoms with E-state index in [1.165, 1.54) is 11.8 Å². The lowest BCUT2D eigenvalue weighted by atomic mass is 9.75. The van der Waals surface area contributed by atoms with Crippen LogP contribution in [0.2, 0.25) is 5.02 Å². The Morgan fingerprint density at radius 1 is 1.28 bits per heavy atom. The van der Waals surface area contributed by atoms with Crippen molar-refractivity contribution in [3.63, 3.8) is 0 Å². The summed E-state index contributed by atoms with van der Waals surface area (Å²) in [6, 6.07) is 11.3. The van der Waals surface area contributed by atoms with E-state index in [9.17, 15) is 9.59 Å². The molecule has 1 unspecified atom stereocenters. The summed E-state index contributed by atoms with van der Waals surface area (Å²) in [5.41, 5.74) is 0.238. The molecule has 1 aliphatic heterocycles. The van der Waals surface area contributed by atoms with Gasteiger partial charge >= 0.3 is 5.97 Å². The highest BCUT2D eigenvalue weighted by molar-refractivity contribution is 8.00. The Balaban J connectivity index is 1.74. The predicted molar refractivity (Wildman–Crippen MR) is 115 cm³/mol. The van der Waals surface area contributed by atoms with Crippen molar-refractivity contribution in [2.75, 3.05) is 25.4 Å². The maximum atomic E-state index is 13.0. The zero-order valence-corrected chi connectivity index (χ0v) is 18.0. The van der Waals surface area contributed by atoms with Gasteiger partial charge in [-0.15, -0.1) is 11.8 Å². The van der Waals surface area contributed by atoms with E-state index >= 15 is 0 Å². The van der Waals surface area contributed by atoms with Gasteiger partial charge in [-0.05, 0) is 56.0 Å². The normalized spacial score (nSPS) is 19.0. The smallest absolute Gasteiger partial charge is 0.314 e. The standard InChI is InChI=1S/C22H25ClN2O3S/c1-2-28-21(27)22(14-17-5-3-6-18(23)13-17)9-4-12-25(16-22)20(26)15-29-19-7-10-24-11-8-19/h3,5-8,10-11,13H,2,4,9,12,14-16H2,1H3. The topological polar surface area (TPSA) is 59.5 Å². The molecule has 5 nitrogen and oxygen atoms in total. The molecule has 1 aliphatic rings. The molecule has 0 bridgehead atoms. The molecule has 1 aromatic carbocycles. The lowest BCUT2D eigenvalue weighted by molar-refractivity contribution is -0.160. The molecule has 0 aliphatic carbocycles. The largest absolute Gasteiger partial charge is 0.466 e. The number of carbonyl (C=O) groups excluding carboxylic acids is 2. The Morgan fingerprint density at radius 2 is 2.07 bits per heavy atom. The zero-order chi connectivity index (χ0) is 20.7. The molecular formula is C22H25ClN2O3S. The van der Waals surface area contributed by atoms with Crippen LogP contribution in [0.3, 0.4) is 0 Å². The number of aromatic nitrogens is 1. The van der Waals surface area contributed by atoms with Crippen molar-refractivity contribution in [1.29, 1.82) is 0 Å². The van der Waals surface area contributed by atoms with Crippen molar-refractivity contribution in [3.05, 3.63) is 59.4 Å². The number of benzene rings is 1. The fourth-order valence-corrected chi connectivity index (χ4v) is 4.72. The van der Waals surface area contributed by atoms with Gasteiger partial charge < -0.3 is 9.64 Å². The number of thioether (sulfide) groups is 1. The van der Waals surface area contributed by atoms with E-state index < -0.39 is 5.41 Å². The second-order valence-corrected chi connectivity index (χ2v) is 8.68. The molecule has 3 rings (SSSR count). The minimum atomic E-state index is -0.740. The Morgan fingerprint density at radius 3 is 2.79 bits per heavy atom. The maximum Gasteiger partial charge on any atom is 0.314 e. The second-order valence-electron chi connectivity index (χ2n) is 7.20. The van der Waals surface area contributed by atoms with Crippen molar-refractivity contribution < 1.29 is 14.3 Å². The van der Waals surface area contributed by atoms with Gasteiger partial charge in [0.05, 0.1) is 17.8 Å². The molecule has 7 heteroatoms. The first kappa shape index (κ1) is 21.7. The van der Waals surface area contributed by atoms with Gasteiger partial charge in [0.25, 0.3) is 0 Å². The van der Waals surface area contributed by atoms with Crippen LogP contribution in [0, 0.1) is 5.41 Å².